The van der Waals surface area contributed by atoms with Gasteiger partial charge >= 0.3 is 0 Å². The van der Waals surface area contributed by atoms with Crippen molar-refractivity contribution in [1.82, 2.24) is 24.3 Å². The summed E-state index contributed by atoms with van der Waals surface area (Å²) in [5, 5.41) is 10.5. The number of benzene rings is 1. The summed E-state index contributed by atoms with van der Waals surface area (Å²) in [6.45, 7) is 6.47. The number of hydrogen-bond donors (Lipinski definition) is 1. The molecule has 0 saturated carbocycles. The topological polar surface area (TPSA) is 74.5 Å². The Balaban J connectivity index is 1.37. The van der Waals surface area contributed by atoms with E-state index in [0.29, 0.717) is 5.56 Å². The molecule has 0 unspecified atom stereocenters. The van der Waals surface area contributed by atoms with E-state index >= 15 is 0 Å². The Morgan fingerprint density at radius 3 is 2.76 bits per heavy atom. The number of para-hydroxylation sites is 1. The van der Waals surface area contributed by atoms with Crippen LogP contribution in [0.3, 0.4) is 0 Å². The standard InChI is InChI=1S/C26H33N5O2/c1-19-22(26(33)29-11-4-5-12-29)16-27-25(28-19)24-10-6-13-31(24)18-20-17-30(14-7-15-32)23-9-3-2-8-21(20)23/h2-3,8-9,16-17,24,32H,4-7,10-15,18H2,1H3/t24-/m1/s1. The highest BCUT2D eigenvalue weighted by molar-refractivity contribution is 5.95. The second-order valence-electron chi connectivity index (χ2n) is 9.30. The van der Waals surface area contributed by atoms with E-state index in [1.54, 1.807) is 6.20 Å². The number of carbonyl (C=O) groups is 1. The molecule has 0 radical (unpaired) electrons. The lowest BCUT2D eigenvalue weighted by molar-refractivity contribution is 0.0791. The van der Waals surface area contributed by atoms with E-state index < -0.39 is 0 Å². The number of aliphatic hydroxyl groups excluding tert-OH is 1. The molecule has 7 heteroatoms. The minimum atomic E-state index is 0.0653. The zero-order valence-corrected chi connectivity index (χ0v) is 19.4. The number of amides is 1. The normalized spacial score (nSPS) is 19.1. The van der Waals surface area contributed by atoms with Crippen molar-refractivity contribution >= 4 is 16.8 Å². The van der Waals surface area contributed by atoms with E-state index in [2.05, 4.69) is 44.9 Å². The molecule has 0 aliphatic carbocycles. The Kier molecular flexibility index (Phi) is 6.42. The van der Waals surface area contributed by atoms with E-state index in [-0.39, 0.29) is 18.6 Å². The van der Waals surface area contributed by atoms with Crippen molar-refractivity contribution in [2.45, 2.75) is 58.2 Å². The maximum atomic E-state index is 12.8. The van der Waals surface area contributed by atoms with Gasteiger partial charge in [0.1, 0.15) is 5.82 Å². The van der Waals surface area contributed by atoms with Crippen LogP contribution in [0, 0.1) is 6.92 Å². The molecule has 1 atom stereocenters. The van der Waals surface area contributed by atoms with Gasteiger partial charge in [-0.3, -0.25) is 9.69 Å². The molecule has 33 heavy (non-hydrogen) atoms. The van der Waals surface area contributed by atoms with Crippen LogP contribution in [0.2, 0.25) is 0 Å². The number of aryl methyl sites for hydroxylation is 2. The van der Waals surface area contributed by atoms with Crippen LogP contribution in [0.5, 0.6) is 0 Å². The number of fused-ring (bicyclic) bond motifs is 1. The second kappa shape index (κ2) is 9.61. The van der Waals surface area contributed by atoms with Gasteiger partial charge in [-0.05, 0) is 57.2 Å². The van der Waals surface area contributed by atoms with E-state index in [1.807, 2.05) is 11.8 Å². The second-order valence-corrected chi connectivity index (χ2v) is 9.30. The summed E-state index contributed by atoms with van der Waals surface area (Å²) in [6, 6.07) is 8.66. The number of aliphatic hydroxyl groups is 1. The molecular formula is C26H33N5O2. The Hall–Kier alpha value is -2.77. The summed E-state index contributed by atoms with van der Waals surface area (Å²) in [6.07, 6.45) is 9.04. The fourth-order valence-electron chi connectivity index (χ4n) is 5.35. The third-order valence-electron chi connectivity index (χ3n) is 7.09. The molecule has 2 saturated heterocycles. The van der Waals surface area contributed by atoms with Crippen LogP contribution in [0.1, 0.15) is 65.6 Å². The molecule has 3 aromatic rings. The first-order valence-corrected chi connectivity index (χ1v) is 12.2. The first-order chi connectivity index (χ1) is 16.2. The molecule has 2 aliphatic rings. The van der Waals surface area contributed by atoms with Gasteiger partial charge < -0.3 is 14.6 Å². The molecule has 1 aromatic carbocycles. The fourth-order valence-corrected chi connectivity index (χ4v) is 5.35. The molecule has 174 valence electrons. The summed E-state index contributed by atoms with van der Waals surface area (Å²) >= 11 is 0. The van der Waals surface area contributed by atoms with Gasteiger partial charge in [-0.1, -0.05) is 18.2 Å². The zero-order chi connectivity index (χ0) is 22.8. The number of hydrogen-bond acceptors (Lipinski definition) is 5. The van der Waals surface area contributed by atoms with E-state index in [0.717, 1.165) is 76.3 Å². The van der Waals surface area contributed by atoms with Crippen molar-refractivity contribution in [3.05, 3.63) is 59.3 Å². The smallest absolute Gasteiger partial charge is 0.257 e. The first kappa shape index (κ1) is 22.0. The predicted molar refractivity (Wildman–Crippen MR) is 128 cm³/mol. The summed E-state index contributed by atoms with van der Waals surface area (Å²) in [4.78, 5) is 26.7. The van der Waals surface area contributed by atoms with Gasteiger partial charge in [0, 0.05) is 56.1 Å². The van der Waals surface area contributed by atoms with Crippen LogP contribution < -0.4 is 0 Å². The zero-order valence-electron chi connectivity index (χ0n) is 19.4. The van der Waals surface area contributed by atoms with Crippen LogP contribution in [-0.4, -0.2) is 61.6 Å². The summed E-state index contributed by atoms with van der Waals surface area (Å²) < 4.78 is 2.26. The van der Waals surface area contributed by atoms with Crippen molar-refractivity contribution in [3.63, 3.8) is 0 Å². The highest BCUT2D eigenvalue weighted by Crippen LogP contribution is 2.33. The van der Waals surface area contributed by atoms with Crippen molar-refractivity contribution in [3.8, 4) is 0 Å². The van der Waals surface area contributed by atoms with E-state index in [9.17, 15) is 9.90 Å². The van der Waals surface area contributed by atoms with Crippen molar-refractivity contribution in [2.75, 3.05) is 26.2 Å². The highest BCUT2D eigenvalue weighted by atomic mass is 16.3. The third kappa shape index (κ3) is 4.39. The summed E-state index contributed by atoms with van der Waals surface area (Å²) in [5.41, 5.74) is 3.93. The number of nitrogens with zero attached hydrogens (tertiary/aromatic N) is 5. The molecule has 5 rings (SSSR count). The molecule has 2 aliphatic heterocycles. The lowest BCUT2D eigenvalue weighted by Gasteiger charge is -2.24. The molecule has 2 aromatic heterocycles. The molecular weight excluding hydrogens is 414 g/mol. The van der Waals surface area contributed by atoms with Crippen molar-refractivity contribution in [1.29, 1.82) is 0 Å². The molecule has 4 heterocycles. The number of rotatable bonds is 7. The van der Waals surface area contributed by atoms with Crippen molar-refractivity contribution < 1.29 is 9.90 Å². The number of aromatic nitrogens is 3. The maximum Gasteiger partial charge on any atom is 0.257 e. The summed E-state index contributed by atoms with van der Waals surface area (Å²) in [5.74, 6) is 0.891. The molecule has 0 spiro atoms. The minimum absolute atomic E-state index is 0.0653. The first-order valence-electron chi connectivity index (χ1n) is 12.2. The maximum absolute atomic E-state index is 12.8. The van der Waals surface area contributed by atoms with Crippen LogP contribution in [0.4, 0.5) is 0 Å². The molecule has 1 amide bonds. The largest absolute Gasteiger partial charge is 0.396 e. The lowest BCUT2D eigenvalue weighted by Crippen LogP contribution is -2.29. The average Bonchev–Trinajstić information content (AvgIpc) is 3.59. The van der Waals surface area contributed by atoms with Crippen LogP contribution in [-0.2, 0) is 13.1 Å². The van der Waals surface area contributed by atoms with E-state index in [4.69, 9.17) is 4.98 Å². The van der Waals surface area contributed by atoms with Gasteiger partial charge in [-0.2, -0.15) is 0 Å². The quantitative estimate of drug-likeness (QED) is 0.598. The Morgan fingerprint density at radius 2 is 1.97 bits per heavy atom. The molecule has 0 bridgehead atoms. The van der Waals surface area contributed by atoms with Crippen LogP contribution in [0.25, 0.3) is 10.9 Å². The molecule has 7 nitrogen and oxygen atoms in total. The van der Waals surface area contributed by atoms with Gasteiger partial charge in [0.15, 0.2) is 0 Å². The van der Waals surface area contributed by atoms with Gasteiger partial charge in [0.25, 0.3) is 5.91 Å². The number of likely N-dealkylation sites (tertiary alicyclic amines) is 2. The van der Waals surface area contributed by atoms with Gasteiger partial charge in [-0.25, -0.2) is 9.97 Å². The van der Waals surface area contributed by atoms with Gasteiger partial charge in [-0.15, -0.1) is 0 Å². The van der Waals surface area contributed by atoms with E-state index in [1.165, 1.54) is 16.5 Å². The number of carbonyl (C=O) groups excluding carboxylic acids is 1. The Morgan fingerprint density at radius 1 is 1.15 bits per heavy atom. The van der Waals surface area contributed by atoms with Gasteiger partial charge in [0.05, 0.1) is 17.3 Å². The average molecular weight is 448 g/mol. The van der Waals surface area contributed by atoms with Crippen LogP contribution in [0.15, 0.2) is 36.7 Å². The summed E-state index contributed by atoms with van der Waals surface area (Å²) in [7, 11) is 0. The van der Waals surface area contributed by atoms with Gasteiger partial charge in [0.2, 0.25) is 0 Å². The Labute approximate surface area is 195 Å². The fraction of sp³-hybridized carbons (Fsp3) is 0.500. The molecule has 2 fully saturated rings. The minimum Gasteiger partial charge on any atom is -0.396 e. The third-order valence-corrected chi connectivity index (χ3v) is 7.09. The van der Waals surface area contributed by atoms with Crippen LogP contribution >= 0.6 is 0 Å². The molecule has 1 N–H and O–H groups in total. The van der Waals surface area contributed by atoms with Crippen molar-refractivity contribution in [2.24, 2.45) is 0 Å². The predicted octanol–water partition coefficient (Wildman–Crippen LogP) is 3.70. The SMILES string of the molecule is Cc1nc([C@H]2CCCN2Cc2cn(CCCO)c3ccccc23)ncc1C(=O)N1CCCC1. The Bertz CT molecular complexity index is 1130. The monoisotopic (exact) mass is 447 g/mol. The highest BCUT2D eigenvalue weighted by Gasteiger charge is 2.30. The lowest BCUT2D eigenvalue weighted by atomic mass is 10.1.